The summed E-state index contributed by atoms with van der Waals surface area (Å²) in [7, 11) is -2.70. The fraction of sp³-hybridized carbons (Fsp3) is 0.235. The van der Waals surface area contributed by atoms with Gasteiger partial charge in [-0.05, 0) is 42.8 Å². The normalized spacial score (nSPS) is 11.1. The van der Waals surface area contributed by atoms with E-state index in [0.717, 1.165) is 24.6 Å². The molecule has 0 heterocycles. The highest BCUT2D eigenvalue weighted by atomic mass is 35.5. The molecule has 0 bridgehead atoms. The summed E-state index contributed by atoms with van der Waals surface area (Å²) >= 11 is 5.58. The first-order chi connectivity index (χ1) is 12.8. The molecule has 0 unspecified atom stereocenters. The first kappa shape index (κ1) is 20.9. The van der Waals surface area contributed by atoms with Gasteiger partial charge in [0, 0.05) is 5.56 Å². The number of hydrogen-bond donors (Lipinski definition) is 2. The van der Waals surface area contributed by atoms with Gasteiger partial charge in [-0.25, -0.2) is 12.8 Å². The lowest BCUT2D eigenvalue weighted by molar-refractivity contribution is 0.0944. The Morgan fingerprint density at radius 3 is 2.56 bits per heavy atom. The number of halogens is 2. The third-order valence-corrected chi connectivity index (χ3v) is 4.92. The predicted molar refractivity (Wildman–Crippen MR) is 98.0 cm³/mol. The summed E-state index contributed by atoms with van der Waals surface area (Å²) in [5.41, 5.74) is 2.22. The summed E-state index contributed by atoms with van der Waals surface area (Å²) < 4.78 is 48.2. The maximum Gasteiger partial charge on any atom is 0.266 e. The maximum absolute atomic E-state index is 13.2. The number of sulfonamides is 1. The second-order valence-electron chi connectivity index (χ2n) is 5.35. The van der Waals surface area contributed by atoms with Gasteiger partial charge < -0.3 is 9.47 Å². The topological polar surface area (TPSA) is 93.7 Å². The zero-order valence-corrected chi connectivity index (χ0v) is 16.2. The molecule has 146 valence electrons. The van der Waals surface area contributed by atoms with E-state index in [1.165, 1.54) is 19.2 Å². The van der Waals surface area contributed by atoms with Gasteiger partial charge in [0.2, 0.25) is 0 Å². The van der Waals surface area contributed by atoms with E-state index < -0.39 is 21.7 Å². The molecule has 0 saturated heterocycles. The van der Waals surface area contributed by atoms with E-state index in [0.29, 0.717) is 18.1 Å². The summed E-state index contributed by atoms with van der Waals surface area (Å²) in [6, 6.07) is 7.32. The van der Waals surface area contributed by atoms with E-state index >= 15 is 0 Å². The Labute approximate surface area is 161 Å². The number of rotatable bonds is 8. The fourth-order valence-corrected chi connectivity index (χ4v) is 3.14. The second kappa shape index (κ2) is 9.03. The average molecular weight is 417 g/mol. The standard InChI is InChI=1S/C17H18ClFN2O5S/c1-3-8-26-15-7-4-11(9-16(15)25-2)17(22)20-21-27(23,24)12-5-6-14(19)13(18)10-12/h4-7,9-10,21H,3,8H2,1-2H3,(H,20,22). The van der Waals surface area contributed by atoms with Gasteiger partial charge in [-0.15, -0.1) is 4.83 Å². The van der Waals surface area contributed by atoms with Gasteiger partial charge >= 0.3 is 0 Å². The van der Waals surface area contributed by atoms with Gasteiger partial charge in [-0.1, -0.05) is 18.5 Å². The Balaban J connectivity index is 2.11. The Morgan fingerprint density at radius 1 is 1.19 bits per heavy atom. The molecule has 0 aliphatic heterocycles. The Kier molecular flexibility index (Phi) is 7.00. The lowest BCUT2D eigenvalue weighted by atomic mass is 10.2. The summed E-state index contributed by atoms with van der Waals surface area (Å²) in [5, 5.41) is -0.350. The van der Waals surface area contributed by atoms with Crippen molar-refractivity contribution >= 4 is 27.5 Å². The molecule has 0 aliphatic carbocycles. The van der Waals surface area contributed by atoms with E-state index in [2.05, 4.69) is 5.43 Å². The third kappa shape index (κ3) is 5.31. The van der Waals surface area contributed by atoms with Crippen LogP contribution in [0.3, 0.4) is 0 Å². The molecule has 0 fully saturated rings. The van der Waals surface area contributed by atoms with Gasteiger partial charge in [0.05, 0.1) is 23.6 Å². The molecular weight excluding hydrogens is 399 g/mol. The average Bonchev–Trinajstić information content (AvgIpc) is 2.66. The largest absolute Gasteiger partial charge is 0.493 e. The molecule has 2 aromatic carbocycles. The highest BCUT2D eigenvalue weighted by molar-refractivity contribution is 7.89. The lowest BCUT2D eigenvalue weighted by Crippen LogP contribution is -2.41. The van der Waals surface area contributed by atoms with Gasteiger partial charge in [0.1, 0.15) is 5.82 Å². The highest BCUT2D eigenvalue weighted by Crippen LogP contribution is 2.28. The van der Waals surface area contributed by atoms with Crippen molar-refractivity contribution in [2.24, 2.45) is 0 Å². The molecule has 1 amide bonds. The van der Waals surface area contributed by atoms with Gasteiger partial charge in [-0.2, -0.15) is 0 Å². The summed E-state index contributed by atoms with van der Waals surface area (Å²) in [4.78, 5) is 13.8. The number of benzene rings is 2. The minimum Gasteiger partial charge on any atom is -0.493 e. The summed E-state index contributed by atoms with van der Waals surface area (Å²) in [6.45, 7) is 2.44. The molecule has 0 atom stereocenters. The second-order valence-corrected chi connectivity index (χ2v) is 7.44. The number of hydrogen-bond acceptors (Lipinski definition) is 5. The molecule has 2 aromatic rings. The van der Waals surface area contributed by atoms with Crippen LogP contribution in [0.1, 0.15) is 23.7 Å². The molecule has 7 nitrogen and oxygen atoms in total. The molecule has 27 heavy (non-hydrogen) atoms. The molecule has 0 saturated carbocycles. The summed E-state index contributed by atoms with van der Waals surface area (Å²) in [5.74, 6) is -0.661. The van der Waals surface area contributed by atoms with E-state index in [4.69, 9.17) is 21.1 Å². The van der Waals surface area contributed by atoms with Gasteiger partial charge in [0.25, 0.3) is 15.9 Å². The first-order valence-electron chi connectivity index (χ1n) is 7.86. The van der Waals surface area contributed by atoms with Crippen molar-refractivity contribution in [3.05, 3.63) is 52.8 Å². The molecule has 2 rings (SSSR count). The van der Waals surface area contributed by atoms with E-state index in [9.17, 15) is 17.6 Å². The minimum absolute atomic E-state index is 0.149. The SMILES string of the molecule is CCCOc1ccc(C(=O)NNS(=O)(=O)c2ccc(F)c(Cl)c2)cc1OC. The molecule has 0 aromatic heterocycles. The van der Waals surface area contributed by atoms with Crippen LogP contribution in [0.25, 0.3) is 0 Å². The number of methoxy groups -OCH3 is 1. The predicted octanol–water partition coefficient (Wildman–Crippen LogP) is 2.90. The van der Waals surface area contributed by atoms with Crippen molar-refractivity contribution < 1.29 is 27.1 Å². The number of carbonyl (C=O) groups excluding carboxylic acids is 1. The van der Waals surface area contributed by atoms with Crippen LogP contribution >= 0.6 is 11.6 Å². The van der Waals surface area contributed by atoms with Crippen LogP contribution in [0.5, 0.6) is 11.5 Å². The molecule has 0 aliphatic rings. The van der Waals surface area contributed by atoms with Crippen molar-refractivity contribution in [2.75, 3.05) is 13.7 Å². The van der Waals surface area contributed by atoms with Crippen LogP contribution in [-0.2, 0) is 10.0 Å². The zero-order chi connectivity index (χ0) is 20.0. The van der Waals surface area contributed by atoms with Crippen LogP contribution in [0.4, 0.5) is 4.39 Å². The maximum atomic E-state index is 13.2. The number of amides is 1. The van der Waals surface area contributed by atoms with Crippen molar-refractivity contribution in [3.8, 4) is 11.5 Å². The van der Waals surface area contributed by atoms with Crippen LogP contribution in [-0.4, -0.2) is 28.0 Å². The number of nitrogens with one attached hydrogen (secondary N) is 2. The highest BCUT2D eigenvalue weighted by Gasteiger charge is 2.18. The smallest absolute Gasteiger partial charge is 0.266 e. The molecule has 0 radical (unpaired) electrons. The number of ether oxygens (including phenoxy) is 2. The van der Waals surface area contributed by atoms with Crippen molar-refractivity contribution in [3.63, 3.8) is 0 Å². The Hall–Kier alpha value is -2.36. The molecule has 0 spiro atoms. The van der Waals surface area contributed by atoms with E-state index in [-0.39, 0.29) is 15.5 Å². The van der Waals surface area contributed by atoms with Crippen LogP contribution in [0.2, 0.25) is 5.02 Å². The fourth-order valence-electron chi connectivity index (χ4n) is 2.03. The van der Waals surface area contributed by atoms with Crippen molar-refractivity contribution in [1.82, 2.24) is 10.3 Å². The first-order valence-corrected chi connectivity index (χ1v) is 9.72. The monoisotopic (exact) mass is 416 g/mol. The molecular formula is C17H18ClFN2O5S. The third-order valence-electron chi connectivity index (χ3n) is 3.39. The number of carbonyl (C=O) groups is 1. The van der Waals surface area contributed by atoms with E-state index in [1.807, 2.05) is 11.8 Å². The molecule has 2 N–H and O–H groups in total. The lowest BCUT2D eigenvalue weighted by Gasteiger charge is -2.12. The number of hydrazine groups is 1. The van der Waals surface area contributed by atoms with Gasteiger partial charge in [-0.3, -0.25) is 10.2 Å². The minimum atomic E-state index is -4.13. The van der Waals surface area contributed by atoms with E-state index in [1.54, 1.807) is 6.07 Å². The van der Waals surface area contributed by atoms with Crippen molar-refractivity contribution in [1.29, 1.82) is 0 Å². The van der Waals surface area contributed by atoms with Crippen LogP contribution < -0.4 is 19.7 Å². The van der Waals surface area contributed by atoms with Crippen molar-refractivity contribution in [2.45, 2.75) is 18.2 Å². The van der Waals surface area contributed by atoms with Crippen LogP contribution in [0.15, 0.2) is 41.3 Å². The molecule has 10 heteroatoms. The Morgan fingerprint density at radius 2 is 1.93 bits per heavy atom. The summed E-state index contributed by atoms with van der Waals surface area (Å²) in [6.07, 6.45) is 0.806. The van der Waals surface area contributed by atoms with Crippen LogP contribution in [0, 0.1) is 5.82 Å². The quantitative estimate of drug-likeness (QED) is 0.645. The zero-order valence-electron chi connectivity index (χ0n) is 14.6. The Bertz CT molecular complexity index is 937. The van der Waals surface area contributed by atoms with Gasteiger partial charge in [0.15, 0.2) is 11.5 Å².